The molecule has 0 bridgehead atoms. The minimum Gasteiger partial charge on any atom is -0.480 e. The third kappa shape index (κ3) is 40.5. The van der Waals surface area contributed by atoms with E-state index in [2.05, 4.69) is 6.92 Å². The van der Waals surface area contributed by atoms with Crippen molar-refractivity contribution in [2.45, 2.75) is 39.0 Å². The van der Waals surface area contributed by atoms with Gasteiger partial charge in [0.2, 0.25) is 0 Å². The molecule has 0 atom stereocenters. The predicted molar refractivity (Wildman–Crippen MR) is 166 cm³/mol. The summed E-state index contributed by atoms with van der Waals surface area (Å²) in [5, 5.41) is 8.42. The van der Waals surface area contributed by atoms with Crippen LogP contribution in [0.2, 0.25) is 0 Å². The number of hydrogen-bond acceptors (Lipinski definition) is 14. The van der Waals surface area contributed by atoms with E-state index in [4.69, 9.17) is 61.9 Å². The van der Waals surface area contributed by atoms with Gasteiger partial charge in [0.15, 0.2) is 0 Å². The lowest BCUT2D eigenvalue weighted by Crippen LogP contribution is -2.16. The van der Waals surface area contributed by atoms with Crippen molar-refractivity contribution in [1.29, 1.82) is 0 Å². The van der Waals surface area contributed by atoms with Gasteiger partial charge in [0.1, 0.15) is 13.2 Å². The largest absolute Gasteiger partial charge is 0.480 e. The zero-order valence-corrected chi connectivity index (χ0v) is 28.0. The smallest absolute Gasteiger partial charge is 0.329 e. The topological polar surface area (TPSA) is 165 Å². The van der Waals surface area contributed by atoms with Crippen molar-refractivity contribution in [3.63, 3.8) is 0 Å². The first kappa shape index (κ1) is 44.5. The molecular weight excluding hydrogens is 612 g/mol. The molecule has 0 fully saturated rings. The van der Waals surface area contributed by atoms with Crippen molar-refractivity contribution in [2.75, 3.05) is 152 Å². The van der Waals surface area contributed by atoms with Gasteiger partial charge < -0.3 is 61.9 Å². The zero-order valence-electron chi connectivity index (χ0n) is 28.0. The summed E-state index contributed by atoms with van der Waals surface area (Å²) >= 11 is 0. The van der Waals surface area contributed by atoms with Gasteiger partial charge in [-0.15, -0.1) is 0 Å². The highest BCUT2D eigenvalue weighted by Crippen LogP contribution is 2.03. The zero-order chi connectivity index (χ0) is 33.4. The van der Waals surface area contributed by atoms with Crippen LogP contribution in [0, 0.1) is 0 Å². The third-order valence-electron chi connectivity index (χ3n) is 5.67. The number of ether oxygens (including phenoxy) is 12. The van der Waals surface area contributed by atoms with Crippen LogP contribution >= 0.6 is 0 Å². The molecule has 1 N–H and O–H groups in total. The Morgan fingerprint density at radius 3 is 0.957 bits per heavy atom. The molecule has 0 aromatic heterocycles. The summed E-state index contributed by atoms with van der Waals surface area (Å²) in [6.07, 6.45) is 4.73. The van der Waals surface area contributed by atoms with Crippen molar-refractivity contribution in [3.05, 3.63) is 0 Å². The molecule has 0 aromatic carbocycles. The van der Waals surface area contributed by atoms with E-state index in [1.54, 1.807) is 0 Å². The highest BCUT2D eigenvalue weighted by Gasteiger charge is 2.02. The predicted octanol–water partition coefficient (Wildman–Crippen LogP) is 1.77. The lowest BCUT2D eigenvalue weighted by molar-refractivity contribution is -0.145. The Labute approximate surface area is 274 Å². The van der Waals surface area contributed by atoms with Crippen LogP contribution in [0.5, 0.6) is 0 Å². The molecule has 15 nitrogen and oxygen atoms in total. The van der Waals surface area contributed by atoms with Crippen molar-refractivity contribution < 1.29 is 71.5 Å². The minimum absolute atomic E-state index is 0.158. The van der Waals surface area contributed by atoms with Crippen LogP contribution in [0.1, 0.15) is 39.0 Å². The Hall–Kier alpha value is -1.50. The molecule has 0 amide bonds. The highest BCUT2D eigenvalue weighted by atomic mass is 16.6. The molecule has 0 aliphatic rings. The van der Waals surface area contributed by atoms with Gasteiger partial charge in [0, 0.05) is 6.42 Å². The van der Waals surface area contributed by atoms with Crippen molar-refractivity contribution >= 4 is 11.9 Å². The minimum atomic E-state index is -0.998. The SMILES string of the molecule is CCCCCCC(=O)OCCOCCOCCOCCOCCOCCOCCOCCOCCOCCOCCOCC(=O)O. The van der Waals surface area contributed by atoms with Gasteiger partial charge in [0.05, 0.1) is 139 Å². The van der Waals surface area contributed by atoms with Gasteiger partial charge in [-0.2, -0.15) is 0 Å². The van der Waals surface area contributed by atoms with E-state index in [0.717, 1.165) is 25.7 Å². The van der Waals surface area contributed by atoms with Crippen molar-refractivity contribution in [1.82, 2.24) is 0 Å². The van der Waals surface area contributed by atoms with Crippen LogP contribution in [-0.2, 0) is 66.4 Å². The molecule has 0 radical (unpaired) electrons. The van der Waals surface area contributed by atoms with Crippen LogP contribution in [0.25, 0.3) is 0 Å². The maximum atomic E-state index is 11.5. The Balaban J connectivity index is 3.08. The Morgan fingerprint density at radius 2 is 0.674 bits per heavy atom. The molecule has 274 valence electrons. The number of hydrogen-bond donors (Lipinski definition) is 1. The number of carbonyl (C=O) groups is 2. The summed E-state index contributed by atoms with van der Waals surface area (Å²) in [6, 6.07) is 0. The van der Waals surface area contributed by atoms with Gasteiger partial charge >= 0.3 is 11.9 Å². The molecule has 0 rings (SSSR count). The monoisotopic (exact) mass is 672 g/mol. The van der Waals surface area contributed by atoms with E-state index in [0.29, 0.717) is 139 Å². The van der Waals surface area contributed by atoms with Crippen LogP contribution in [0.15, 0.2) is 0 Å². The molecule has 0 spiro atoms. The summed E-state index contributed by atoms with van der Waals surface area (Å²) in [7, 11) is 0. The normalized spacial score (nSPS) is 11.3. The maximum Gasteiger partial charge on any atom is 0.329 e. The van der Waals surface area contributed by atoms with Gasteiger partial charge in [-0.05, 0) is 6.42 Å². The lowest BCUT2D eigenvalue weighted by atomic mass is 10.2. The van der Waals surface area contributed by atoms with E-state index in [1.807, 2.05) is 0 Å². The second kappa shape index (κ2) is 39.7. The summed E-state index contributed by atoms with van der Waals surface area (Å²) in [6.45, 7) is 11.5. The van der Waals surface area contributed by atoms with Crippen LogP contribution in [-0.4, -0.2) is 169 Å². The lowest BCUT2D eigenvalue weighted by Gasteiger charge is -2.09. The van der Waals surface area contributed by atoms with Gasteiger partial charge in [-0.25, -0.2) is 4.79 Å². The number of aliphatic carboxylic acids is 1. The summed E-state index contributed by atoms with van der Waals surface area (Å²) in [5.41, 5.74) is 0. The van der Waals surface area contributed by atoms with Gasteiger partial charge in [-0.3, -0.25) is 4.79 Å². The molecule has 0 aliphatic heterocycles. The number of carboxylic acid groups (broad SMARTS) is 1. The molecule has 46 heavy (non-hydrogen) atoms. The number of esters is 1. The Morgan fingerprint density at radius 1 is 0.391 bits per heavy atom. The third-order valence-corrected chi connectivity index (χ3v) is 5.67. The quantitative estimate of drug-likeness (QED) is 0.0739. The second-order valence-electron chi connectivity index (χ2n) is 9.60. The Bertz CT molecular complexity index is 627. The van der Waals surface area contributed by atoms with Gasteiger partial charge in [-0.1, -0.05) is 26.2 Å². The number of carbonyl (C=O) groups excluding carboxylic acids is 1. The summed E-state index contributed by atoms with van der Waals surface area (Å²) < 4.78 is 64.1. The van der Waals surface area contributed by atoms with E-state index in [9.17, 15) is 9.59 Å². The van der Waals surface area contributed by atoms with Crippen LogP contribution in [0.3, 0.4) is 0 Å². The number of carboxylic acids is 1. The molecular formula is C31H60O15. The first-order valence-electron chi connectivity index (χ1n) is 16.4. The molecule has 0 aromatic rings. The average molecular weight is 673 g/mol. The van der Waals surface area contributed by atoms with E-state index < -0.39 is 5.97 Å². The number of unbranched alkanes of at least 4 members (excludes halogenated alkanes) is 3. The molecule has 15 heteroatoms. The maximum absolute atomic E-state index is 11.5. The standard InChI is InChI=1S/C31H60O15/c1-2-3-4-5-6-31(34)46-28-27-44-24-23-42-20-19-40-16-15-38-12-11-36-8-7-35-9-10-37-13-14-39-17-18-41-21-22-43-25-26-45-29-30(32)33/h2-29H2,1H3,(H,32,33). The molecule has 0 aliphatic carbocycles. The Kier molecular flexibility index (Phi) is 38.4. The summed E-state index contributed by atoms with van der Waals surface area (Å²) in [4.78, 5) is 21.8. The van der Waals surface area contributed by atoms with E-state index in [-0.39, 0.29) is 25.8 Å². The van der Waals surface area contributed by atoms with E-state index in [1.165, 1.54) is 0 Å². The first-order chi connectivity index (χ1) is 22.7. The fraction of sp³-hybridized carbons (Fsp3) is 0.935. The molecule has 0 unspecified atom stereocenters. The van der Waals surface area contributed by atoms with Crippen LogP contribution in [0.4, 0.5) is 0 Å². The second-order valence-corrected chi connectivity index (χ2v) is 9.60. The van der Waals surface area contributed by atoms with Crippen LogP contribution < -0.4 is 0 Å². The molecule has 0 heterocycles. The fourth-order valence-electron chi connectivity index (χ4n) is 3.34. The fourth-order valence-corrected chi connectivity index (χ4v) is 3.34. The summed E-state index contributed by atoms with van der Waals surface area (Å²) in [5.74, 6) is -1.16. The van der Waals surface area contributed by atoms with Gasteiger partial charge in [0.25, 0.3) is 0 Å². The molecule has 0 saturated carbocycles. The van der Waals surface area contributed by atoms with Crippen molar-refractivity contribution in [2.24, 2.45) is 0 Å². The first-order valence-corrected chi connectivity index (χ1v) is 16.4. The van der Waals surface area contributed by atoms with Crippen molar-refractivity contribution in [3.8, 4) is 0 Å². The molecule has 0 saturated heterocycles. The average Bonchev–Trinajstić information content (AvgIpc) is 3.04. The number of rotatable bonds is 40. The highest BCUT2D eigenvalue weighted by molar-refractivity contribution is 5.69. The van der Waals surface area contributed by atoms with E-state index >= 15 is 0 Å².